The van der Waals surface area contributed by atoms with Gasteiger partial charge in [0.25, 0.3) is 5.91 Å². The van der Waals surface area contributed by atoms with Gasteiger partial charge in [-0.15, -0.1) is 11.3 Å². The molecule has 1 aromatic carbocycles. The third-order valence-corrected chi connectivity index (χ3v) is 4.79. The number of nitrogens with zero attached hydrogens (tertiary/aromatic N) is 4. The number of hydrogen-bond acceptors (Lipinski definition) is 5. The first-order valence-corrected chi connectivity index (χ1v) is 8.95. The minimum absolute atomic E-state index is 0.191. The van der Waals surface area contributed by atoms with E-state index in [4.69, 9.17) is 0 Å². The number of halogens is 3. The Balaban J connectivity index is 1.72. The first kappa shape index (κ1) is 18.1. The molecule has 0 saturated heterocycles. The quantitative estimate of drug-likeness (QED) is 0.549. The summed E-state index contributed by atoms with van der Waals surface area (Å²) in [7, 11) is 0. The van der Waals surface area contributed by atoms with Crippen molar-refractivity contribution in [2.75, 3.05) is 5.32 Å². The molecule has 0 unspecified atom stereocenters. The second kappa shape index (κ2) is 6.71. The van der Waals surface area contributed by atoms with Crippen LogP contribution in [-0.2, 0) is 6.18 Å². The fourth-order valence-corrected chi connectivity index (χ4v) is 3.32. The lowest BCUT2D eigenvalue weighted by Gasteiger charge is -2.07. The van der Waals surface area contributed by atoms with E-state index in [0.29, 0.717) is 10.8 Å². The number of benzene rings is 1. The molecule has 28 heavy (non-hydrogen) atoms. The van der Waals surface area contributed by atoms with Crippen LogP contribution in [-0.4, -0.2) is 25.5 Å². The lowest BCUT2D eigenvalue weighted by molar-refractivity contribution is -0.137. The largest absolute Gasteiger partial charge is 0.416 e. The molecule has 0 aliphatic carbocycles. The van der Waals surface area contributed by atoms with E-state index in [0.717, 1.165) is 17.8 Å². The van der Waals surface area contributed by atoms with Crippen LogP contribution in [0.15, 0.2) is 48.0 Å². The number of aryl methyl sites for hydroxylation is 1. The van der Waals surface area contributed by atoms with Crippen LogP contribution in [0.4, 0.5) is 18.3 Å². The van der Waals surface area contributed by atoms with Gasteiger partial charge < -0.3 is 0 Å². The first-order chi connectivity index (χ1) is 13.3. The van der Waals surface area contributed by atoms with Gasteiger partial charge in [0.05, 0.1) is 17.0 Å². The van der Waals surface area contributed by atoms with Crippen molar-refractivity contribution in [3.05, 3.63) is 64.9 Å². The Bertz CT molecular complexity index is 1180. The molecule has 0 aliphatic rings. The van der Waals surface area contributed by atoms with Crippen molar-refractivity contribution in [3.8, 4) is 11.3 Å². The average Bonchev–Trinajstić information content (AvgIpc) is 3.26. The summed E-state index contributed by atoms with van der Waals surface area (Å²) in [6, 6.07) is 7.85. The highest BCUT2D eigenvalue weighted by atomic mass is 32.1. The number of hydrogen-bond donors (Lipinski definition) is 1. The Morgan fingerprint density at radius 1 is 1.21 bits per heavy atom. The van der Waals surface area contributed by atoms with Gasteiger partial charge in [-0.05, 0) is 25.1 Å². The van der Waals surface area contributed by atoms with Crippen molar-refractivity contribution in [3.63, 3.8) is 0 Å². The molecule has 0 aliphatic heterocycles. The molecular weight excluding hydrogens is 391 g/mol. The summed E-state index contributed by atoms with van der Waals surface area (Å²) in [4.78, 5) is 20.9. The predicted octanol–water partition coefficient (Wildman–Crippen LogP) is 4.43. The van der Waals surface area contributed by atoms with Gasteiger partial charge in [0.1, 0.15) is 5.69 Å². The zero-order valence-corrected chi connectivity index (χ0v) is 15.2. The normalized spacial score (nSPS) is 11.7. The second-order valence-electron chi connectivity index (χ2n) is 5.96. The average molecular weight is 403 g/mol. The summed E-state index contributed by atoms with van der Waals surface area (Å²) >= 11 is 1.29. The summed E-state index contributed by atoms with van der Waals surface area (Å²) in [6.45, 7) is 1.81. The molecule has 10 heteroatoms. The van der Waals surface area contributed by atoms with Crippen molar-refractivity contribution in [2.45, 2.75) is 13.1 Å². The van der Waals surface area contributed by atoms with Crippen molar-refractivity contribution in [1.29, 1.82) is 0 Å². The maximum Gasteiger partial charge on any atom is 0.416 e. The first-order valence-electron chi connectivity index (χ1n) is 8.07. The van der Waals surface area contributed by atoms with Crippen LogP contribution in [0.2, 0.25) is 0 Å². The number of amides is 1. The van der Waals surface area contributed by atoms with E-state index < -0.39 is 17.6 Å². The standard InChI is InChI=1S/C18H12F3N5OS/c1-10-9-28-17(23-10)24-16(27)14-5-6-22-15-8-13(25-26(14)15)11-3-2-4-12(7-11)18(19,20)21/h2-9H,1H3,(H,23,24,27). The molecule has 6 nitrogen and oxygen atoms in total. The zero-order valence-electron chi connectivity index (χ0n) is 14.4. The number of thiazole rings is 1. The van der Waals surface area contributed by atoms with E-state index in [-0.39, 0.29) is 17.0 Å². The lowest BCUT2D eigenvalue weighted by Crippen LogP contribution is -2.16. The number of alkyl halides is 3. The molecule has 142 valence electrons. The van der Waals surface area contributed by atoms with E-state index in [1.54, 1.807) is 5.38 Å². The van der Waals surface area contributed by atoms with E-state index in [2.05, 4.69) is 20.4 Å². The summed E-state index contributed by atoms with van der Waals surface area (Å²) in [5.74, 6) is -0.444. The fourth-order valence-electron chi connectivity index (χ4n) is 2.64. The van der Waals surface area contributed by atoms with E-state index in [1.165, 1.54) is 46.3 Å². The van der Waals surface area contributed by atoms with Crippen LogP contribution in [0, 0.1) is 6.92 Å². The highest BCUT2D eigenvalue weighted by Gasteiger charge is 2.30. The maximum absolute atomic E-state index is 13.0. The van der Waals surface area contributed by atoms with Crippen LogP contribution in [0.1, 0.15) is 21.7 Å². The molecular formula is C18H12F3N5OS. The number of nitrogens with one attached hydrogen (secondary N) is 1. The van der Waals surface area contributed by atoms with Crippen molar-refractivity contribution in [2.24, 2.45) is 0 Å². The van der Waals surface area contributed by atoms with Gasteiger partial charge in [-0.2, -0.15) is 18.3 Å². The summed E-state index contributed by atoms with van der Waals surface area (Å²) in [5.41, 5.74) is 1.11. The number of fused-ring (bicyclic) bond motifs is 1. The Labute approximate surface area is 160 Å². The topological polar surface area (TPSA) is 72.2 Å². The predicted molar refractivity (Wildman–Crippen MR) is 98.2 cm³/mol. The molecule has 3 heterocycles. The van der Waals surface area contributed by atoms with Gasteiger partial charge in [-0.3, -0.25) is 10.1 Å². The van der Waals surface area contributed by atoms with Gasteiger partial charge in [0.15, 0.2) is 10.8 Å². The van der Waals surface area contributed by atoms with Gasteiger partial charge in [0, 0.05) is 23.2 Å². The third kappa shape index (κ3) is 3.46. The third-order valence-electron chi connectivity index (χ3n) is 3.92. The van der Waals surface area contributed by atoms with Gasteiger partial charge in [0.2, 0.25) is 0 Å². The van der Waals surface area contributed by atoms with Crippen LogP contribution in [0.5, 0.6) is 0 Å². The van der Waals surface area contributed by atoms with Crippen molar-refractivity contribution >= 4 is 28.0 Å². The lowest BCUT2D eigenvalue weighted by atomic mass is 10.1. The Kier molecular flexibility index (Phi) is 4.34. The molecule has 4 rings (SSSR count). The van der Waals surface area contributed by atoms with Gasteiger partial charge in [-0.25, -0.2) is 14.5 Å². The molecule has 0 fully saturated rings. The van der Waals surface area contributed by atoms with Gasteiger partial charge in [-0.1, -0.05) is 12.1 Å². The summed E-state index contributed by atoms with van der Waals surface area (Å²) in [5, 5.41) is 9.21. The molecule has 1 N–H and O–H groups in total. The van der Waals surface area contributed by atoms with Crippen molar-refractivity contribution < 1.29 is 18.0 Å². The molecule has 4 aromatic rings. The van der Waals surface area contributed by atoms with Crippen molar-refractivity contribution in [1.82, 2.24) is 19.6 Å². The number of aromatic nitrogens is 4. The van der Waals surface area contributed by atoms with E-state index in [9.17, 15) is 18.0 Å². The highest BCUT2D eigenvalue weighted by molar-refractivity contribution is 7.13. The van der Waals surface area contributed by atoms with Crippen LogP contribution in [0.3, 0.4) is 0 Å². The zero-order chi connectivity index (χ0) is 19.9. The smallest absolute Gasteiger partial charge is 0.296 e. The molecule has 0 spiro atoms. The summed E-state index contributed by atoms with van der Waals surface area (Å²) < 4.78 is 40.2. The SMILES string of the molecule is Cc1csc(NC(=O)c2ccnc3cc(-c4cccc(C(F)(F)F)c4)nn23)n1. The molecule has 1 amide bonds. The number of carbonyl (C=O) groups excluding carboxylic acids is 1. The maximum atomic E-state index is 13.0. The fraction of sp³-hybridized carbons (Fsp3) is 0.111. The highest BCUT2D eigenvalue weighted by Crippen LogP contribution is 2.32. The molecule has 0 bridgehead atoms. The molecule has 0 atom stereocenters. The molecule has 0 saturated carbocycles. The van der Waals surface area contributed by atoms with E-state index in [1.807, 2.05) is 6.92 Å². The Hall–Kier alpha value is -3.27. The number of anilines is 1. The molecule has 0 radical (unpaired) electrons. The monoisotopic (exact) mass is 403 g/mol. The second-order valence-corrected chi connectivity index (χ2v) is 6.81. The minimum Gasteiger partial charge on any atom is -0.296 e. The number of rotatable bonds is 3. The Morgan fingerprint density at radius 3 is 2.75 bits per heavy atom. The minimum atomic E-state index is -4.45. The van der Waals surface area contributed by atoms with Gasteiger partial charge >= 0.3 is 6.18 Å². The number of carbonyl (C=O) groups is 1. The van der Waals surface area contributed by atoms with E-state index >= 15 is 0 Å². The summed E-state index contributed by atoms with van der Waals surface area (Å²) in [6.07, 6.45) is -3.01. The van der Waals surface area contributed by atoms with Crippen LogP contribution in [0.25, 0.3) is 16.9 Å². The van der Waals surface area contributed by atoms with Crippen LogP contribution >= 0.6 is 11.3 Å². The molecule has 3 aromatic heterocycles. The van der Waals surface area contributed by atoms with Crippen LogP contribution < -0.4 is 5.32 Å². The Morgan fingerprint density at radius 2 is 2.04 bits per heavy atom.